The summed E-state index contributed by atoms with van der Waals surface area (Å²) in [5.74, 6) is 3.30. The van der Waals surface area contributed by atoms with E-state index in [2.05, 4.69) is 22.2 Å². The topological polar surface area (TPSA) is 78.8 Å². The lowest BCUT2D eigenvalue weighted by molar-refractivity contribution is -0.133. The fourth-order valence-electron chi connectivity index (χ4n) is 2.04. The van der Waals surface area contributed by atoms with Gasteiger partial charge in [-0.25, -0.2) is 4.99 Å². The van der Waals surface area contributed by atoms with E-state index >= 15 is 0 Å². The Hall–Kier alpha value is -2.42. The Bertz CT molecular complexity index is 551. The highest BCUT2D eigenvalue weighted by atomic mass is 16.2. The van der Waals surface area contributed by atoms with Crippen molar-refractivity contribution in [3.63, 3.8) is 0 Å². The molecule has 1 atom stereocenters. The van der Waals surface area contributed by atoms with E-state index in [0.29, 0.717) is 18.8 Å². The highest BCUT2D eigenvalue weighted by Gasteiger charge is 2.27. The molecule has 6 nitrogen and oxygen atoms in total. The second-order valence-corrected chi connectivity index (χ2v) is 4.28. The van der Waals surface area contributed by atoms with Crippen LogP contribution in [0.4, 0.5) is 0 Å². The summed E-state index contributed by atoms with van der Waals surface area (Å²) in [4.78, 5) is 39.0. The van der Waals surface area contributed by atoms with Crippen LogP contribution in [-0.2, 0) is 14.4 Å². The summed E-state index contributed by atoms with van der Waals surface area (Å²) in [6, 6.07) is -0.00428. The number of carbonyl (C=O) groups excluding carboxylic acids is 3. The summed E-state index contributed by atoms with van der Waals surface area (Å²) in [7, 11) is 0. The maximum absolute atomic E-state index is 11.3. The third-order valence-corrected chi connectivity index (χ3v) is 2.93. The molecular formula is C13H13N3O3. The summed E-state index contributed by atoms with van der Waals surface area (Å²) in [5, 5.41) is 2.79. The van der Waals surface area contributed by atoms with Crippen LogP contribution < -0.4 is 5.32 Å². The van der Waals surface area contributed by atoms with E-state index < -0.39 is 11.7 Å². The van der Waals surface area contributed by atoms with Gasteiger partial charge in [0, 0.05) is 25.2 Å². The Kier molecular flexibility index (Phi) is 3.76. The van der Waals surface area contributed by atoms with Crippen molar-refractivity contribution in [1.82, 2.24) is 10.2 Å². The Morgan fingerprint density at radius 3 is 3.00 bits per heavy atom. The van der Waals surface area contributed by atoms with E-state index in [9.17, 15) is 14.4 Å². The SMILES string of the molecule is CC#CC(=O)N[C@H]1CCN(C2=CC(=O)C(=O)N=C2)C1. The first-order chi connectivity index (χ1) is 9.10. The molecule has 0 unspecified atom stereocenters. The predicted octanol–water partition coefficient (Wildman–Crippen LogP) is -0.736. The lowest BCUT2D eigenvalue weighted by Crippen LogP contribution is -2.36. The molecule has 2 aliphatic heterocycles. The van der Waals surface area contributed by atoms with Crippen LogP contribution in [0.3, 0.4) is 0 Å². The first-order valence-corrected chi connectivity index (χ1v) is 5.92. The average molecular weight is 259 g/mol. The van der Waals surface area contributed by atoms with Crippen LogP contribution >= 0.6 is 0 Å². The maximum atomic E-state index is 11.3. The van der Waals surface area contributed by atoms with Crippen molar-refractivity contribution < 1.29 is 14.4 Å². The second kappa shape index (κ2) is 5.48. The maximum Gasteiger partial charge on any atom is 0.317 e. The van der Waals surface area contributed by atoms with Crippen LogP contribution in [-0.4, -0.2) is 47.8 Å². The zero-order valence-corrected chi connectivity index (χ0v) is 10.5. The normalized spacial score (nSPS) is 21.8. The zero-order valence-electron chi connectivity index (χ0n) is 10.5. The van der Waals surface area contributed by atoms with Crippen LogP contribution in [0.1, 0.15) is 13.3 Å². The molecule has 2 aliphatic rings. The largest absolute Gasteiger partial charge is 0.368 e. The van der Waals surface area contributed by atoms with Crippen LogP contribution in [0.15, 0.2) is 16.8 Å². The molecule has 0 aromatic rings. The van der Waals surface area contributed by atoms with Gasteiger partial charge in [0.15, 0.2) is 0 Å². The van der Waals surface area contributed by atoms with Gasteiger partial charge in [0.1, 0.15) is 0 Å². The number of hydrogen-bond donors (Lipinski definition) is 1. The van der Waals surface area contributed by atoms with E-state index in [-0.39, 0.29) is 11.9 Å². The molecule has 0 saturated carbocycles. The Balaban J connectivity index is 1.95. The third kappa shape index (κ3) is 3.07. The van der Waals surface area contributed by atoms with Gasteiger partial charge in [-0.2, -0.15) is 0 Å². The van der Waals surface area contributed by atoms with Crippen LogP contribution in [0.2, 0.25) is 0 Å². The summed E-state index contributed by atoms with van der Waals surface area (Å²) in [6.07, 6.45) is 3.44. The van der Waals surface area contributed by atoms with Crippen LogP contribution in [0.25, 0.3) is 0 Å². The molecule has 0 aromatic heterocycles. The smallest absolute Gasteiger partial charge is 0.317 e. The Labute approximate surface area is 110 Å². The van der Waals surface area contributed by atoms with Gasteiger partial charge >= 0.3 is 5.91 Å². The number of aliphatic imine (C=N–C) groups is 1. The molecule has 0 aromatic carbocycles. The summed E-state index contributed by atoms with van der Waals surface area (Å²) < 4.78 is 0. The van der Waals surface area contributed by atoms with Gasteiger partial charge in [-0.1, -0.05) is 5.92 Å². The Morgan fingerprint density at radius 2 is 2.32 bits per heavy atom. The number of rotatable bonds is 2. The molecular weight excluding hydrogens is 246 g/mol. The molecule has 0 radical (unpaired) electrons. The molecule has 2 amide bonds. The van der Waals surface area contributed by atoms with E-state index in [1.54, 1.807) is 6.92 Å². The van der Waals surface area contributed by atoms with Crippen molar-refractivity contribution >= 4 is 23.8 Å². The van der Waals surface area contributed by atoms with Crippen molar-refractivity contribution in [2.75, 3.05) is 13.1 Å². The summed E-state index contributed by atoms with van der Waals surface area (Å²) >= 11 is 0. The number of likely N-dealkylation sites (tertiary alicyclic amines) is 1. The number of amides is 2. The molecule has 0 spiro atoms. The van der Waals surface area contributed by atoms with Gasteiger partial charge < -0.3 is 10.2 Å². The van der Waals surface area contributed by atoms with Gasteiger partial charge in [-0.3, -0.25) is 14.4 Å². The van der Waals surface area contributed by atoms with Crippen molar-refractivity contribution in [2.24, 2.45) is 4.99 Å². The van der Waals surface area contributed by atoms with Gasteiger partial charge in [-0.15, -0.1) is 0 Å². The quantitative estimate of drug-likeness (QED) is 0.523. The van der Waals surface area contributed by atoms with Crippen LogP contribution in [0.5, 0.6) is 0 Å². The minimum Gasteiger partial charge on any atom is -0.368 e. The van der Waals surface area contributed by atoms with E-state index in [4.69, 9.17) is 0 Å². The first-order valence-electron chi connectivity index (χ1n) is 5.92. The number of ketones is 1. The highest BCUT2D eigenvalue weighted by molar-refractivity contribution is 6.44. The lowest BCUT2D eigenvalue weighted by atomic mass is 10.2. The average Bonchev–Trinajstić information content (AvgIpc) is 2.81. The third-order valence-electron chi connectivity index (χ3n) is 2.93. The molecule has 98 valence electrons. The lowest BCUT2D eigenvalue weighted by Gasteiger charge is -2.20. The molecule has 6 heteroatoms. The molecule has 19 heavy (non-hydrogen) atoms. The standard InChI is InChI=1S/C13H13N3O3/c1-2-3-12(18)15-9-4-5-16(8-9)10-6-11(17)13(19)14-7-10/h6-7,9H,4-5,8H2,1H3,(H,15,18)/t9-/m0/s1. The number of hydrogen-bond acceptors (Lipinski definition) is 4. The fourth-order valence-corrected chi connectivity index (χ4v) is 2.04. The minimum atomic E-state index is -0.744. The van der Waals surface area contributed by atoms with Crippen molar-refractivity contribution in [2.45, 2.75) is 19.4 Å². The number of nitrogens with zero attached hydrogens (tertiary/aromatic N) is 2. The number of carbonyl (C=O) groups is 3. The van der Waals surface area contributed by atoms with Gasteiger partial charge in [0.05, 0.1) is 11.9 Å². The Morgan fingerprint density at radius 1 is 1.53 bits per heavy atom. The van der Waals surface area contributed by atoms with Gasteiger partial charge in [-0.05, 0) is 19.3 Å². The highest BCUT2D eigenvalue weighted by Crippen LogP contribution is 2.16. The van der Waals surface area contributed by atoms with E-state index in [1.807, 2.05) is 4.90 Å². The molecule has 1 N–H and O–H groups in total. The van der Waals surface area contributed by atoms with E-state index in [1.165, 1.54) is 12.3 Å². The van der Waals surface area contributed by atoms with Gasteiger partial charge in [0.2, 0.25) is 5.78 Å². The summed E-state index contributed by atoms with van der Waals surface area (Å²) in [5.41, 5.74) is 0.614. The number of dihydropyridines is 1. The van der Waals surface area contributed by atoms with E-state index in [0.717, 1.165) is 6.42 Å². The van der Waals surface area contributed by atoms with Gasteiger partial charge in [0.25, 0.3) is 5.91 Å². The van der Waals surface area contributed by atoms with Crippen molar-refractivity contribution in [3.05, 3.63) is 11.8 Å². The number of allylic oxidation sites excluding steroid dienone is 1. The zero-order chi connectivity index (χ0) is 13.8. The molecule has 0 aliphatic carbocycles. The first kappa shape index (κ1) is 13.0. The van der Waals surface area contributed by atoms with Crippen LogP contribution in [0, 0.1) is 11.8 Å². The second-order valence-electron chi connectivity index (χ2n) is 4.28. The molecule has 1 fully saturated rings. The molecule has 0 bridgehead atoms. The fraction of sp³-hybridized carbons (Fsp3) is 0.385. The van der Waals surface area contributed by atoms with Crippen molar-refractivity contribution in [1.29, 1.82) is 0 Å². The molecule has 2 rings (SSSR count). The summed E-state index contributed by atoms with van der Waals surface area (Å²) in [6.45, 7) is 2.88. The molecule has 2 heterocycles. The molecule has 1 saturated heterocycles. The predicted molar refractivity (Wildman–Crippen MR) is 68.2 cm³/mol. The number of nitrogens with one attached hydrogen (secondary N) is 1. The van der Waals surface area contributed by atoms with Crippen molar-refractivity contribution in [3.8, 4) is 11.8 Å². The minimum absolute atomic E-state index is 0.00428. The monoisotopic (exact) mass is 259 g/mol.